The Morgan fingerprint density at radius 1 is 0.364 bits per heavy atom. The molecule has 0 spiro atoms. The van der Waals surface area contributed by atoms with Crippen LogP contribution in [0.5, 0.6) is 0 Å². The second kappa shape index (κ2) is 192. The molecular weight excluding hydrogens is 457 g/mol. The number of rotatable bonds is 0. The molecule has 76 valence electrons. The van der Waals surface area contributed by atoms with Crippen LogP contribution < -0.4 is 89.0 Å². The molecule has 0 aromatic rings. The van der Waals surface area contributed by atoms with E-state index >= 15 is 0 Å². The summed E-state index contributed by atoms with van der Waals surface area (Å²) in [4.78, 5) is 0. The fraction of sp³-hybridized carbons (Fsp3) is 0. The molecule has 0 fully saturated rings. The second-order valence-electron chi connectivity index (χ2n) is 0. The van der Waals surface area contributed by atoms with Gasteiger partial charge in [0.2, 0.25) is 0 Å². The molecule has 0 bridgehead atoms. The molecule has 0 rings (SSSR count). The van der Waals surface area contributed by atoms with E-state index in [-0.39, 0.29) is 152 Å². The Bertz CT molecular complexity index is 14.1. The predicted molar refractivity (Wildman–Crippen MR) is 0 cm³/mol. The Labute approximate surface area is 149 Å². The zero-order valence-corrected chi connectivity index (χ0v) is 12.0. The van der Waals surface area contributed by atoms with E-state index in [4.69, 9.17) is 0 Å². The predicted octanol–water partition coefficient (Wildman–Crippen LogP) is -27.0. The molecule has 0 aliphatic carbocycles. The number of halogens is 8. The van der Waals surface area contributed by atoms with Crippen molar-refractivity contribution in [2.45, 2.75) is 0 Å². The van der Waals surface area contributed by atoms with Gasteiger partial charge in [0.05, 0.1) is 0 Å². The minimum atomic E-state index is 0. The number of hydrogen-bond acceptors (Lipinski definition) is 0. The van der Waals surface area contributed by atoms with Gasteiger partial charge >= 0.3 is 114 Å². The quantitative estimate of drug-likeness (QED) is 0.251. The minimum absolute atomic E-state index is 0. The summed E-state index contributed by atoms with van der Waals surface area (Å²) in [6.45, 7) is 0. The van der Waals surface area contributed by atoms with Crippen molar-refractivity contribution in [3.8, 4) is 0 Å². The monoisotopic (exact) mass is 456 g/mol. The van der Waals surface area contributed by atoms with E-state index in [1.165, 1.54) is 0 Å². The van der Waals surface area contributed by atoms with Crippen molar-refractivity contribution < 1.29 is 152 Å². The second-order valence-corrected chi connectivity index (χ2v) is 0. The van der Waals surface area contributed by atoms with Gasteiger partial charge < -0.3 is 37.6 Å². The van der Waals surface area contributed by atoms with E-state index in [9.17, 15) is 0 Å². The Kier molecular flexibility index (Phi) is 4240. The van der Waals surface area contributed by atoms with E-state index < -0.39 is 0 Å². The molecule has 0 atom stereocenters. The van der Waals surface area contributed by atoms with Gasteiger partial charge in [0, 0.05) is 0 Å². The maximum atomic E-state index is 0. The van der Waals surface area contributed by atoms with Gasteiger partial charge in [0.15, 0.2) is 0 Å². The zero-order chi connectivity index (χ0) is 0. The van der Waals surface area contributed by atoms with Crippen LogP contribution in [-0.2, 0) is 26.2 Å². The molecule has 0 saturated carbocycles. The molecule has 0 amide bonds. The van der Waals surface area contributed by atoms with E-state index in [0.717, 1.165) is 0 Å². The minimum Gasteiger partial charge on any atom is -1.00 e. The van der Waals surface area contributed by atoms with Crippen molar-refractivity contribution in [1.29, 1.82) is 0 Å². The van der Waals surface area contributed by atoms with Crippen molar-refractivity contribution >= 4 is 0 Å². The first-order chi connectivity index (χ1) is 0. The Morgan fingerprint density at radius 3 is 0.364 bits per heavy atom. The van der Waals surface area contributed by atoms with Crippen molar-refractivity contribution in [1.82, 2.24) is 0 Å². The first-order valence-electron chi connectivity index (χ1n) is 0. The van der Waals surface area contributed by atoms with Crippen LogP contribution >= 0.6 is 0 Å². The van der Waals surface area contributed by atoms with Gasteiger partial charge in [-0.3, -0.25) is 0 Å². The molecular formula is F8KLuZr. The van der Waals surface area contributed by atoms with Crippen LogP contribution in [0.3, 0.4) is 0 Å². The summed E-state index contributed by atoms with van der Waals surface area (Å²) in [6, 6.07) is 0. The summed E-state index contributed by atoms with van der Waals surface area (Å²) < 4.78 is 0. The van der Waals surface area contributed by atoms with Crippen LogP contribution in [0.25, 0.3) is 0 Å². The van der Waals surface area contributed by atoms with Crippen molar-refractivity contribution in [3.05, 3.63) is 0 Å². The molecule has 0 unspecified atom stereocenters. The Morgan fingerprint density at radius 2 is 0.364 bits per heavy atom. The molecule has 0 nitrogen and oxygen atoms in total. The van der Waals surface area contributed by atoms with Gasteiger partial charge in [-0.15, -0.1) is 0 Å². The average Bonchev–Trinajstić information content (AvgIpc) is 0. The van der Waals surface area contributed by atoms with E-state index in [0.29, 0.717) is 0 Å². The van der Waals surface area contributed by atoms with Gasteiger partial charge in [0.1, 0.15) is 0 Å². The van der Waals surface area contributed by atoms with Crippen molar-refractivity contribution in [2.75, 3.05) is 0 Å². The SMILES string of the molecule is [F-].[F-].[F-].[F-].[F-].[F-].[F-].[F-].[K+].[Lu+3].[Zr+4]. The van der Waals surface area contributed by atoms with E-state index in [2.05, 4.69) is 0 Å². The summed E-state index contributed by atoms with van der Waals surface area (Å²) in [6.07, 6.45) is 0. The maximum absolute atomic E-state index is 0. The standard InChI is InChI=1S/8FH.K.Lu.Zr/h8*1H;;;/q;;;;;;;;+1;+3;+4/p-8. The summed E-state index contributed by atoms with van der Waals surface area (Å²) in [5.74, 6) is 0. The van der Waals surface area contributed by atoms with Crippen molar-refractivity contribution in [2.24, 2.45) is 0 Å². The van der Waals surface area contributed by atoms with Crippen LogP contribution in [0, 0.1) is 36.9 Å². The molecule has 0 aromatic carbocycles. The third-order valence-corrected chi connectivity index (χ3v) is 0. The van der Waals surface area contributed by atoms with Crippen LogP contribution in [-0.4, -0.2) is 0 Å². The van der Waals surface area contributed by atoms with Gasteiger partial charge in [-0.05, 0) is 0 Å². The fourth-order valence-electron chi connectivity index (χ4n) is 0. The van der Waals surface area contributed by atoms with Crippen LogP contribution in [0.15, 0.2) is 0 Å². The summed E-state index contributed by atoms with van der Waals surface area (Å²) >= 11 is 0. The molecule has 0 aliphatic heterocycles. The summed E-state index contributed by atoms with van der Waals surface area (Å²) in [7, 11) is 0. The molecule has 0 radical (unpaired) electrons. The molecule has 0 saturated heterocycles. The Hall–Kier alpha value is 3.19. The zero-order valence-electron chi connectivity index (χ0n) is 4.78. The maximum Gasteiger partial charge on any atom is 4.00 e. The molecule has 0 heterocycles. The summed E-state index contributed by atoms with van der Waals surface area (Å²) in [5, 5.41) is 0. The van der Waals surface area contributed by atoms with E-state index in [1.54, 1.807) is 0 Å². The molecule has 0 aromatic heterocycles. The van der Waals surface area contributed by atoms with Gasteiger partial charge in [-0.2, -0.15) is 0 Å². The first kappa shape index (κ1) is 242. The largest absolute Gasteiger partial charge is 4.00 e. The fourth-order valence-corrected chi connectivity index (χ4v) is 0. The third kappa shape index (κ3) is 162. The van der Waals surface area contributed by atoms with Gasteiger partial charge in [-0.1, -0.05) is 0 Å². The molecule has 11 heteroatoms. The van der Waals surface area contributed by atoms with Crippen LogP contribution in [0.1, 0.15) is 0 Å². The summed E-state index contributed by atoms with van der Waals surface area (Å²) in [5.41, 5.74) is 0. The van der Waals surface area contributed by atoms with Crippen LogP contribution in [0.4, 0.5) is 0 Å². The van der Waals surface area contributed by atoms with Crippen molar-refractivity contribution in [3.63, 3.8) is 0 Å². The third-order valence-electron chi connectivity index (χ3n) is 0. The molecule has 11 heavy (non-hydrogen) atoms. The van der Waals surface area contributed by atoms with E-state index in [1.807, 2.05) is 0 Å². The molecule has 0 aliphatic rings. The molecule has 0 N–H and O–H groups in total. The average molecular weight is 457 g/mol. The topological polar surface area (TPSA) is 0 Å². The van der Waals surface area contributed by atoms with Crippen LogP contribution in [0.2, 0.25) is 0 Å². The normalized spacial score (nSPS) is 0. The smallest absolute Gasteiger partial charge is 1.00 e. The van der Waals surface area contributed by atoms with Gasteiger partial charge in [0.25, 0.3) is 0 Å². The Balaban J connectivity index is 0. The first-order valence-corrected chi connectivity index (χ1v) is 0. The van der Waals surface area contributed by atoms with Gasteiger partial charge in [-0.25, -0.2) is 0 Å². The number of hydrogen-bond donors (Lipinski definition) is 0.